The Kier molecular flexibility index (Phi) is 4.20. The first-order valence-corrected chi connectivity index (χ1v) is 7.80. The predicted molar refractivity (Wildman–Crippen MR) is 88.0 cm³/mol. The molecule has 1 atom stereocenters. The fraction of sp³-hybridized carbons (Fsp3) is 0.389. The minimum atomic E-state index is 0.148. The number of aromatic nitrogens is 1. The van der Waals surface area contributed by atoms with Crippen LogP contribution in [0.1, 0.15) is 30.9 Å². The molecule has 1 unspecified atom stereocenters. The summed E-state index contributed by atoms with van der Waals surface area (Å²) in [5, 5.41) is 0. The van der Waals surface area contributed by atoms with Crippen LogP contribution in [-0.4, -0.2) is 17.6 Å². The topological polar surface area (TPSA) is 42.1 Å². The molecule has 21 heavy (non-hydrogen) atoms. The summed E-state index contributed by atoms with van der Waals surface area (Å²) in [6.07, 6.45) is 6.34. The van der Waals surface area contributed by atoms with Gasteiger partial charge in [-0.1, -0.05) is 24.3 Å². The minimum Gasteiger partial charge on any atom is -0.328 e. The van der Waals surface area contributed by atoms with Crippen LogP contribution in [0.2, 0.25) is 0 Å². The maximum absolute atomic E-state index is 6.00. The molecule has 2 aromatic rings. The molecule has 0 amide bonds. The molecule has 0 fully saturated rings. The van der Waals surface area contributed by atoms with Crippen molar-refractivity contribution in [1.29, 1.82) is 0 Å². The number of aryl methyl sites for hydroxylation is 1. The molecule has 0 bridgehead atoms. The van der Waals surface area contributed by atoms with Crippen LogP contribution in [0.15, 0.2) is 42.6 Å². The Morgan fingerprint density at radius 2 is 2.05 bits per heavy atom. The van der Waals surface area contributed by atoms with Crippen molar-refractivity contribution in [3.63, 3.8) is 0 Å². The lowest BCUT2D eigenvalue weighted by Gasteiger charge is -2.26. The quantitative estimate of drug-likeness (QED) is 0.937. The molecular formula is C18H23N3. The lowest BCUT2D eigenvalue weighted by Crippen LogP contribution is -2.24. The Hall–Kier alpha value is -1.87. The molecule has 0 saturated heterocycles. The first-order chi connectivity index (χ1) is 10.3. The number of rotatable bonds is 3. The molecule has 2 heterocycles. The average Bonchev–Trinajstić information content (AvgIpc) is 2.70. The number of hydrogen-bond donors (Lipinski definition) is 1. The molecule has 3 nitrogen and oxygen atoms in total. The Balaban J connectivity index is 2.04. The van der Waals surface area contributed by atoms with Crippen molar-refractivity contribution in [2.24, 2.45) is 5.73 Å². The molecule has 0 radical (unpaired) electrons. The average molecular weight is 281 g/mol. The molecule has 1 aromatic heterocycles. The molecule has 0 spiro atoms. The van der Waals surface area contributed by atoms with Gasteiger partial charge in [-0.05, 0) is 55.9 Å². The van der Waals surface area contributed by atoms with Crippen molar-refractivity contribution in [1.82, 2.24) is 4.98 Å². The summed E-state index contributed by atoms with van der Waals surface area (Å²) >= 11 is 0. The van der Waals surface area contributed by atoms with Crippen molar-refractivity contribution in [3.05, 3.63) is 53.7 Å². The number of hydrogen-bond acceptors (Lipinski definition) is 3. The number of para-hydroxylation sites is 1. The molecule has 0 saturated carbocycles. The van der Waals surface area contributed by atoms with E-state index in [1.807, 2.05) is 19.2 Å². The molecule has 1 aromatic carbocycles. The van der Waals surface area contributed by atoms with E-state index in [0.29, 0.717) is 0 Å². The van der Waals surface area contributed by atoms with E-state index in [0.717, 1.165) is 25.2 Å². The Labute approximate surface area is 126 Å². The molecular weight excluding hydrogens is 258 g/mol. The fourth-order valence-electron chi connectivity index (χ4n) is 3.09. The van der Waals surface area contributed by atoms with E-state index < -0.39 is 0 Å². The molecule has 110 valence electrons. The molecule has 0 aliphatic carbocycles. The summed E-state index contributed by atoms with van der Waals surface area (Å²) in [6, 6.07) is 13.0. The van der Waals surface area contributed by atoms with Crippen molar-refractivity contribution >= 4 is 11.5 Å². The predicted octanol–water partition coefficient (Wildman–Crippen LogP) is 3.45. The van der Waals surface area contributed by atoms with E-state index in [1.165, 1.54) is 29.7 Å². The fourth-order valence-corrected chi connectivity index (χ4v) is 3.09. The van der Waals surface area contributed by atoms with Crippen molar-refractivity contribution in [3.8, 4) is 0 Å². The largest absolute Gasteiger partial charge is 0.328 e. The molecule has 1 aliphatic heterocycles. The highest BCUT2D eigenvalue weighted by Crippen LogP contribution is 2.33. The normalized spacial score (nSPS) is 16.2. The molecule has 3 rings (SSSR count). The Bertz CT molecular complexity index is 607. The summed E-state index contributed by atoms with van der Waals surface area (Å²) in [7, 11) is 0. The lowest BCUT2D eigenvalue weighted by molar-refractivity contribution is 0.725. The number of anilines is 2. The van der Waals surface area contributed by atoms with Crippen LogP contribution < -0.4 is 10.6 Å². The number of pyridine rings is 1. The van der Waals surface area contributed by atoms with Gasteiger partial charge in [0.15, 0.2) is 0 Å². The van der Waals surface area contributed by atoms with E-state index in [9.17, 15) is 0 Å². The zero-order chi connectivity index (χ0) is 14.7. The summed E-state index contributed by atoms with van der Waals surface area (Å²) in [5.74, 6) is 1.07. The van der Waals surface area contributed by atoms with Crippen LogP contribution >= 0.6 is 0 Å². The summed E-state index contributed by atoms with van der Waals surface area (Å²) in [6.45, 7) is 3.08. The third-order valence-corrected chi connectivity index (χ3v) is 4.03. The zero-order valence-corrected chi connectivity index (χ0v) is 12.6. The highest BCUT2D eigenvalue weighted by atomic mass is 15.2. The van der Waals surface area contributed by atoms with Crippen LogP contribution in [0.5, 0.6) is 0 Å². The summed E-state index contributed by atoms with van der Waals surface area (Å²) < 4.78 is 0. The number of nitrogens with two attached hydrogens (primary N) is 1. The second-order valence-corrected chi connectivity index (χ2v) is 5.90. The van der Waals surface area contributed by atoms with Gasteiger partial charge in [-0.2, -0.15) is 0 Å². The third-order valence-electron chi connectivity index (χ3n) is 4.03. The standard InChI is InChI=1S/C18H23N3/c1-14(19)13-16-9-6-11-20-18(16)21-12-5-4-8-15-7-2-3-10-17(15)21/h2-3,6-7,9-11,14H,4-5,8,12-13,19H2,1H3. The number of nitrogens with zero attached hydrogens (tertiary/aromatic N) is 2. The summed E-state index contributed by atoms with van der Waals surface area (Å²) in [4.78, 5) is 7.04. The van der Waals surface area contributed by atoms with E-state index in [-0.39, 0.29) is 6.04 Å². The van der Waals surface area contributed by atoms with Gasteiger partial charge in [-0.15, -0.1) is 0 Å². The second kappa shape index (κ2) is 6.27. The van der Waals surface area contributed by atoms with Crippen molar-refractivity contribution < 1.29 is 0 Å². The molecule has 1 aliphatic rings. The maximum Gasteiger partial charge on any atom is 0.136 e. The van der Waals surface area contributed by atoms with Crippen LogP contribution in [-0.2, 0) is 12.8 Å². The molecule has 2 N–H and O–H groups in total. The highest BCUT2D eigenvalue weighted by molar-refractivity contribution is 5.66. The zero-order valence-electron chi connectivity index (χ0n) is 12.6. The van der Waals surface area contributed by atoms with E-state index in [2.05, 4.69) is 40.2 Å². The van der Waals surface area contributed by atoms with Gasteiger partial charge in [0.1, 0.15) is 5.82 Å². The SMILES string of the molecule is CC(N)Cc1cccnc1N1CCCCc2ccccc21. The van der Waals surface area contributed by atoms with Crippen LogP contribution in [0, 0.1) is 0 Å². The van der Waals surface area contributed by atoms with E-state index in [1.54, 1.807) is 0 Å². The monoisotopic (exact) mass is 281 g/mol. The van der Waals surface area contributed by atoms with Gasteiger partial charge in [0.05, 0.1) is 0 Å². The number of benzene rings is 1. The highest BCUT2D eigenvalue weighted by Gasteiger charge is 2.19. The van der Waals surface area contributed by atoms with Gasteiger partial charge in [-0.3, -0.25) is 0 Å². The Morgan fingerprint density at radius 1 is 1.19 bits per heavy atom. The smallest absolute Gasteiger partial charge is 0.136 e. The van der Waals surface area contributed by atoms with Gasteiger partial charge in [0.25, 0.3) is 0 Å². The van der Waals surface area contributed by atoms with Crippen LogP contribution in [0.4, 0.5) is 11.5 Å². The Morgan fingerprint density at radius 3 is 2.90 bits per heavy atom. The molecule has 3 heteroatoms. The van der Waals surface area contributed by atoms with Crippen molar-refractivity contribution in [2.75, 3.05) is 11.4 Å². The van der Waals surface area contributed by atoms with E-state index >= 15 is 0 Å². The van der Waals surface area contributed by atoms with Crippen molar-refractivity contribution in [2.45, 2.75) is 38.6 Å². The maximum atomic E-state index is 6.00. The first kappa shape index (κ1) is 14.1. The minimum absolute atomic E-state index is 0.148. The van der Waals surface area contributed by atoms with Crippen LogP contribution in [0.3, 0.4) is 0 Å². The van der Waals surface area contributed by atoms with Gasteiger partial charge in [0, 0.05) is 24.5 Å². The van der Waals surface area contributed by atoms with Gasteiger partial charge < -0.3 is 10.6 Å². The van der Waals surface area contributed by atoms with Gasteiger partial charge in [-0.25, -0.2) is 4.98 Å². The lowest BCUT2D eigenvalue weighted by atomic mass is 10.1. The summed E-state index contributed by atoms with van der Waals surface area (Å²) in [5.41, 5.74) is 9.97. The van der Waals surface area contributed by atoms with Crippen LogP contribution in [0.25, 0.3) is 0 Å². The van der Waals surface area contributed by atoms with E-state index in [4.69, 9.17) is 5.73 Å². The number of fused-ring (bicyclic) bond motifs is 1. The second-order valence-electron chi connectivity index (χ2n) is 5.90. The third kappa shape index (κ3) is 3.08. The van der Waals surface area contributed by atoms with Gasteiger partial charge in [0.2, 0.25) is 0 Å². The van der Waals surface area contributed by atoms with Gasteiger partial charge >= 0.3 is 0 Å². The first-order valence-electron chi connectivity index (χ1n) is 7.80.